The van der Waals surface area contributed by atoms with Gasteiger partial charge >= 0.3 is 0 Å². The molecule has 3 rings (SSSR count). The van der Waals surface area contributed by atoms with Crippen LogP contribution >= 0.6 is 0 Å². The van der Waals surface area contributed by atoms with Gasteiger partial charge in [-0.15, -0.1) is 0 Å². The Kier molecular flexibility index (Phi) is 4.19. The Morgan fingerprint density at radius 1 is 1.19 bits per heavy atom. The molecule has 2 heterocycles. The third-order valence-electron chi connectivity index (χ3n) is 3.43. The van der Waals surface area contributed by atoms with Gasteiger partial charge in [0.15, 0.2) is 11.5 Å². The summed E-state index contributed by atoms with van der Waals surface area (Å²) in [5, 5.41) is 3.21. The van der Waals surface area contributed by atoms with E-state index in [0.717, 1.165) is 36.4 Å². The van der Waals surface area contributed by atoms with Gasteiger partial charge < -0.3 is 14.8 Å². The molecular formula is C16H19N3O2. The molecule has 0 saturated carbocycles. The highest BCUT2D eigenvalue weighted by molar-refractivity contribution is 5.40. The van der Waals surface area contributed by atoms with Crippen LogP contribution in [-0.4, -0.2) is 29.2 Å². The van der Waals surface area contributed by atoms with Crippen molar-refractivity contribution < 1.29 is 9.47 Å². The highest BCUT2D eigenvalue weighted by atomic mass is 16.6. The maximum Gasteiger partial charge on any atom is 0.222 e. The lowest BCUT2D eigenvalue weighted by Gasteiger charge is -2.26. The topological polar surface area (TPSA) is 56.3 Å². The number of ether oxygens (including phenoxy) is 2. The number of aromatic nitrogens is 2. The zero-order valence-electron chi connectivity index (χ0n) is 12.1. The first-order valence-corrected chi connectivity index (χ1v) is 7.28. The molecule has 1 aliphatic rings. The fourth-order valence-corrected chi connectivity index (χ4v) is 2.18. The Balaban J connectivity index is 1.48. The van der Waals surface area contributed by atoms with Gasteiger partial charge in [-0.25, -0.2) is 9.97 Å². The van der Waals surface area contributed by atoms with Gasteiger partial charge in [-0.2, -0.15) is 0 Å². The minimum atomic E-state index is 0.0577. The monoisotopic (exact) mass is 285 g/mol. The van der Waals surface area contributed by atoms with E-state index < -0.39 is 0 Å². The lowest BCUT2D eigenvalue weighted by molar-refractivity contribution is 0.0873. The smallest absolute Gasteiger partial charge is 0.222 e. The summed E-state index contributed by atoms with van der Waals surface area (Å²) in [6.45, 7) is 3.42. The minimum absolute atomic E-state index is 0.0577. The quantitative estimate of drug-likeness (QED) is 0.915. The van der Waals surface area contributed by atoms with Gasteiger partial charge in [-0.3, -0.25) is 0 Å². The third kappa shape index (κ3) is 3.42. The zero-order valence-corrected chi connectivity index (χ0v) is 12.1. The Morgan fingerprint density at radius 2 is 1.95 bits per heavy atom. The van der Waals surface area contributed by atoms with Gasteiger partial charge in [0.25, 0.3) is 0 Å². The fraction of sp³-hybridized carbons (Fsp3) is 0.375. The number of hydrogen-bond acceptors (Lipinski definition) is 5. The predicted octanol–water partition coefficient (Wildman–Crippen LogP) is 2.68. The summed E-state index contributed by atoms with van der Waals surface area (Å²) in [6, 6.07) is 7.75. The van der Waals surface area contributed by atoms with Crippen LogP contribution in [0, 0.1) is 0 Å². The van der Waals surface area contributed by atoms with Crippen LogP contribution in [0.4, 0.5) is 5.95 Å². The van der Waals surface area contributed by atoms with Crippen molar-refractivity contribution in [2.75, 3.05) is 18.5 Å². The minimum Gasteiger partial charge on any atom is -0.486 e. The van der Waals surface area contributed by atoms with E-state index in [1.165, 1.54) is 0 Å². The van der Waals surface area contributed by atoms with Crippen molar-refractivity contribution in [2.45, 2.75) is 25.9 Å². The lowest BCUT2D eigenvalue weighted by Crippen LogP contribution is -2.31. The van der Waals surface area contributed by atoms with Crippen LogP contribution in [0.3, 0.4) is 0 Å². The second kappa shape index (κ2) is 6.43. The van der Waals surface area contributed by atoms with Crippen LogP contribution in [0.1, 0.15) is 18.9 Å². The largest absolute Gasteiger partial charge is 0.486 e. The van der Waals surface area contributed by atoms with Crippen molar-refractivity contribution >= 4 is 5.95 Å². The molecule has 21 heavy (non-hydrogen) atoms. The SMILES string of the molecule is CCc1cnc(NCCC2COc3ccccc3O2)nc1. The highest BCUT2D eigenvalue weighted by Gasteiger charge is 2.19. The average molecular weight is 285 g/mol. The lowest BCUT2D eigenvalue weighted by atomic mass is 10.2. The van der Waals surface area contributed by atoms with E-state index in [9.17, 15) is 0 Å². The Bertz CT molecular complexity index is 586. The summed E-state index contributed by atoms with van der Waals surface area (Å²) in [5.41, 5.74) is 1.14. The predicted molar refractivity (Wildman–Crippen MR) is 80.9 cm³/mol. The van der Waals surface area contributed by atoms with E-state index >= 15 is 0 Å². The molecule has 0 amide bonds. The van der Waals surface area contributed by atoms with Crippen LogP contribution in [0.2, 0.25) is 0 Å². The number of benzene rings is 1. The molecule has 1 aromatic heterocycles. The first kappa shape index (κ1) is 13.7. The van der Waals surface area contributed by atoms with E-state index in [1.54, 1.807) is 0 Å². The fourth-order valence-electron chi connectivity index (χ4n) is 2.18. The molecule has 110 valence electrons. The second-order valence-electron chi connectivity index (χ2n) is 4.98. The van der Waals surface area contributed by atoms with Gasteiger partial charge in [-0.05, 0) is 24.1 Å². The number of nitrogens with zero attached hydrogens (tertiary/aromatic N) is 2. The molecule has 0 bridgehead atoms. The molecule has 5 heteroatoms. The molecule has 0 fully saturated rings. The molecule has 1 unspecified atom stereocenters. The van der Waals surface area contributed by atoms with E-state index in [2.05, 4.69) is 22.2 Å². The molecule has 2 aromatic rings. The maximum atomic E-state index is 5.90. The maximum absolute atomic E-state index is 5.90. The number of nitrogens with one attached hydrogen (secondary N) is 1. The summed E-state index contributed by atoms with van der Waals surface area (Å²) in [5.74, 6) is 2.29. The number of fused-ring (bicyclic) bond motifs is 1. The summed E-state index contributed by atoms with van der Waals surface area (Å²) < 4.78 is 11.6. The number of aryl methyl sites for hydroxylation is 1. The molecule has 1 N–H and O–H groups in total. The summed E-state index contributed by atoms with van der Waals surface area (Å²) in [6.07, 6.45) is 5.56. The Labute approximate surface area is 124 Å². The van der Waals surface area contributed by atoms with Crippen LogP contribution in [0.5, 0.6) is 11.5 Å². The van der Waals surface area contributed by atoms with Gasteiger partial charge in [-0.1, -0.05) is 19.1 Å². The second-order valence-corrected chi connectivity index (χ2v) is 4.98. The standard InChI is InChI=1S/C16H19N3O2/c1-2-12-9-18-16(19-10-12)17-8-7-13-11-20-14-5-3-4-6-15(14)21-13/h3-6,9-10,13H,2,7-8,11H2,1H3,(H,17,18,19). The molecular weight excluding hydrogens is 266 g/mol. The number of hydrogen-bond donors (Lipinski definition) is 1. The van der Waals surface area contributed by atoms with E-state index in [1.807, 2.05) is 36.7 Å². The molecule has 5 nitrogen and oxygen atoms in total. The molecule has 1 aromatic carbocycles. The van der Waals surface area contributed by atoms with Crippen molar-refractivity contribution in [1.29, 1.82) is 0 Å². The molecule has 0 aliphatic carbocycles. The Hall–Kier alpha value is -2.30. The van der Waals surface area contributed by atoms with Gasteiger partial charge in [0.05, 0.1) is 0 Å². The van der Waals surface area contributed by atoms with Crippen LogP contribution < -0.4 is 14.8 Å². The molecule has 1 atom stereocenters. The molecule has 0 radical (unpaired) electrons. The van der Waals surface area contributed by atoms with Gasteiger partial charge in [0.1, 0.15) is 12.7 Å². The first-order chi connectivity index (χ1) is 10.3. The highest BCUT2D eigenvalue weighted by Crippen LogP contribution is 2.31. The normalized spacial score (nSPS) is 16.5. The van der Waals surface area contributed by atoms with E-state index in [4.69, 9.17) is 9.47 Å². The molecule has 0 saturated heterocycles. The number of anilines is 1. The summed E-state index contributed by atoms with van der Waals surface area (Å²) in [4.78, 5) is 8.55. The number of para-hydroxylation sites is 2. The van der Waals surface area contributed by atoms with Crippen molar-refractivity contribution in [2.24, 2.45) is 0 Å². The van der Waals surface area contributed by atoms with Crippen LogP contribution in [0.25, 0.3) is 0 Å². The average Bonchev–Trinajstić information content (AvgIpc) is 2.55. The van der Waals surface area contributed by atoms with E-state index in [-0.39, 0.29) is 6.10 Å². The van der Waals surface area contributed by atoms with Crippen molar-refractivity contribution in [1.82, 2.24) is 9.97 Å². The van der Waals surface area contributed by atoms with Crippen molar-refractivity contribution in [3.63, 3.8) is 0 Å². The van der Waals surface area contributed by atoms with Crippen molar-refractivity contribution in [3.05, 3.63) is 42.2 Å². The van der Waals surface area contributed by atoms with Crippen LogP contribution in [0.15, 0.2) is 36.7 Å². The van der Waals surface area contributed by atoms with Gasteiger partial charge in [0, 0.05) is 25.4 Å². The first-order valence-electron chi connectivity index (χ1n) is 7.28. The summed E-state index contributed by atoms with van der Waals surface area (Å²) in [7, 11) is 0. The van der Waals surface area contributed by atoms with Crippen molar-refractivity contribution in [3.8, 4) is 11.5 Å². The van der Waals surface area contributed by atoms with Gasteiger partial charge in [0.2, 0.25) is 5.95 Å². The third-order valence-corrected chi connectivity index (χ3v) is 3.43. The molecule has 0 spiro atoms. The Morgan fingerprint density at radius 3 is 2.71 bits per heavy atom. The zero-order chi connectivity index (χ0) is 14.5. The summed E-state index contributed by atoms with van der Waals surface area (Å²) >= 11 is 0. The van der Waals surface area contributed by atoms with Crippen LogP contribution in [-0.2, 0) is 6.42 Å². The van der Waals surface area contributed by atoms with E-state index in [0.29, 0.717) is 12.6 Å². The molecule has 1 aliphatic heterocycles. The number of rotatable bonds is 5.